The van der Waals surface area contributed by atoms with Crippen LogP contribution < -0.4 is 0 Å². The highest BCUT2D eigenvalue weighted by Crippen LogP contribution is 2.52. The van der Waals surface area contributed by atoms with Crippen LogP contribution in [0, 0.1) is 0 Å². The fraction of sp³-hybridized carbons (Fsp3) is 1.00. The van der Waals surface area contributed by atoms with Gasteiger partial charge in [0.25, 0.3) is 0 Å². The summed E-state index contributed by atoms with van der Waals surface area (Å²) < 4.78 is 30.1. The average Bonchev–Trinajstić information content (AvgIpc) is 2.94. The lowest BCUT2D eigenvalue weighted by atomic mass is 9.87. The van der Waals surface area contributed by atoms with Gasteiger partial charge in [-0.3, -0.25) is 0 Å². The number of hydrogen-bond acceptors (Lipinski definition) is 7. The second kappa shape index (κ2) is 6.78. The number of aliphatic hydroxyl groups excluding tert-OH is 1. The van der Waals surface area contributed by atoms with Gasteiger partial charge in [-0.2, -0.15) is 0 Å². The Balaban J connectivity index is 1.91. The highest BCUT2D eigenvalue weighted by atomic mass is 32.2. The van der Waals surface area contributed by atoms with E-state index in [1.54, 1.807) is 26.0 Å². The molecule has 7 heteroatoms. The molecule has 1 aliphatic carbocycles. The summed E-state index contributed by atoms with van der Waals surface area (Å²) >= 11 is 1.68. The van der Waals surface area contributed by atoms with Crippen LogP contribution in [0.2, 0.25) is 0 Å². The molecular weight excluding hydrogens is 320 g/mol. The van der Waals surface area contributed by atoms with Crippen LogP contribution in [0.1, 0.15) is 39.5 Å². The summed E-state index contributed by atoms with van der Waals surface area (Å²) in [6, 6.07) is 0. The van der Waals surface area contributed by atoms with Crippen LogP contribution >= 0.6 is 11.8 Å². The smallest absolute Gasteiger partial charge is 0.224 e. The minimum atomic E-state index is -0.981. The monoisotopic (exact) mass is 348 g/mol. The van der Waals surface area contributed by atoms with Crippen LogP contribution in [0.15, 0.2) is 0 Å². The lowest BCUT2D eigenvalue weighted by Gasteiger charge is -2.47. The molecule has 3 aliphatic rings. The third kappa shape index (κ3) is 2.74. The zero-order valence-electron chi connectivity index (χ0n) is 14.3. The van der Waals surface area contributed by atoms with Crippen molar-refractivity contribution in [1.29, 1.82) is 0 Å². The largest absolute Gasteiger partial charge is 0.388 e. The van der Waals surface area contributed by atoms with E-state index in [0.29, 0.717) is 12.8 Å². The molecule has 23 heavy (non-hydrogen) atoms. The standard InChI is InChI=1S/C16H28O6S/c1-5-23-14-13-12(11(17)10(2)20-14)21-16(22-13)9-7-6-8-15(16,18-3)19-4/h10-14,17H,5-9H2,1-4H3/t10-,11-,12+,13+,14-,16-/m0/s1. The SMILES string of the molecule is CCS[C@@H]1O[C@@H](C)[C@H](O)[C@H]2O[C@@]3(CCCCC3(OC)OC)O[C@H]21. The van der Waals surface area contributed by atoms with Gasteiger partial charge in [0.05, 0.1) is 6.10 Å². The van der Waals surface area contributed by atoms with E-state index in [2.05, 4.69) is 6.92 Å². The molecule has 1 saturated carbocycles. The molecule has 0 bridgehead atoms. The van der Waals surface area contributed by atoms with E-state index in [0.717, 1.165) is 18.6 Å². The zero-order chi connectivity index (χ0) is 16.7. The third-order valence-electron chi connectivity index (χ3n) is 5.24. The fourth-order valence-corrected chi connectivity index (χ4v) is 4.99. The summed E-state index contributed by atoms with van der Waals surface area (Å²) in [6.45, 7) is 3.96. The van der Waals surface area contributed by atoms with Crippen LogP contribution in [0.25, 0.3) is 0 Å². The molecule has 6 atom stereocenters. The Kier molecular flexibility index (Phi) is 5.28. The van der Waals surface area contributed by atoms with E-state index in [9.17, 15) is 5.11 Å². The summed E-state index contributed by atoms with van der Waals surface area (Å²) in [4.78, 5) is 0. The summed E-state index contributed by atoms with van der Waals surface area (Å²) in [5, 5.41) is 10.5. The highest BCUT2D eigenvalue weighted by molar-refractivity contribution is 7.99. The topological polar surface area (TPSA) is 66.4 Å². The highest BCUT2D eigenvalue weighted by Gasteiger charge is 2.66. The molecule has 134 valence electrons. The van der Waals surface area contributed by atoms with Gasteiger partial charge in [0.1, 0.15) is 23.7 Å². The molecule has 1 spiro atoms. The van der Waals surface area contributed by atoms with E-state index in [-0.39, 0.29) is 17.6 Å². The number of aliphatic hydroxyl groups is 1. The predicted octanol–water partition coefficient (Wildman–Crippen LogP) is 1.89. The number of rotatable bonds is 4. The lowest BCUT2D eigenvalue weighted by molar-refractivity contribution is -0.388. The lowest BCUT2D eigenvalue weighted by Crippen LogP contribution is -2.60. The van der Waals surface area contributed by atoms with Crippen LogP contribution in [0.4, 0.5) is 0 Å². The Morgan fingerprint density at radius 2 is 1.78 bits per heavy atom. The molecule has 0 aromatic carbocycles. The molecule has 1 N–H and O–H groups in total. The van der Waals surface area contributed by atoms with Crippen molar-refractivity contribution in [2.45, 2.75) is 81.0 Å². The number of methoxy groups -OCH3 is 2. The Hall–Kier alpha value is 0.110. The number of hydrogen-bond donors (Lipinski definition) is 1. The summed E-state index contributed by atoms with van der Waals surface area (Å²) in [5.41, 5.74) is -0.156. The van der Waals surface area contributed by atoms with Crippen molar-refractivity contribution < 1.29 is 28.8 Å². The quantitative estimate of drug-likeness (QED) is 0.778. The molecule has 2 saturated heterocycles. The van der Waals surface area contributed by atoms with Gasteiger partial charge in [-0.25, -0.2) is 0 Å². The van der Waals surface area contributed by atoms with Crippen LogP contribution in [-0.2, 0) is 23.7 Å². The van der Waals surface area contributed by atoms with E-state index in [1.807, 2.05) is 6.92 Å². The fourth-order valence-electron chi connectivity index (χ4n) is 4.00. The predicted molar refractivity (Wildman–Crippen MR) is 86.2 cm³/mol. The van der Waals surface area contributed by atoms with Crippen molar-refractivity contribution in [3.63, 3.8) is 0 Å². The second-order valence-electron chi connectivity index (χ2n) is 6.44. The maximum absolute atomic E-state index is 10.5. The molecule has 0 aromatic rings. The van der Waals surface area contributed by atoms with Crippen molar-refractivity contribution in [3.05, 3.63) is 0 Å². The minimum absolute atomic E-state index is 0.156. The molecule has 0 unspecified atom stereocenters. The number of ether oxygens (including phenoxy) is 5. The van der Waals surface area contributed by atoms with Crippen LogP contribution in [-0.4, -0.2) is 66.5 Å². The Morgan fingerprint density at radius 3 is 2.43 bits per heavy atom. The van der Waals surface area contributed by atoms with Crippen LogP contribution in [0.3, 0.4) is 0 Å². The average molecular weight is 348 g/mol. The van der Waals surface area contributed by atoms with Gasteiger partial charge >= 0.3 is 0 Å². The molecule has 2 heterocycles. The molecule has 0 radical (unpaired) electrons. The van der Waals surface area contributed by atoms with Crippen LogP contribution in [0.5, 0.6) is 0 Å². The molecule has 3 rings (SSSR count). The first-order valence-electron chi connectivity index (χ1n) is 8.43. The number of thioether (sulfide) groups is 1. The van der Waals surface area contributed by atoms with Gasteiger partial charge in [0, 0.05) is 27.1 Å². The summed E-state index contributed by atoms with van der Waals surface area (Å²) in [6.07, 6.45) is 1.60. The van der Waals surface area contributed by atoms with Gasteiger partial charge in [-0.05, 0) is 25.5 Å². The van der Waals surface area contributed by atoms with Gasteiger partial charge in [0.15, 0.2) is 0 Å². The van der Waals surface area contributed by atoms with Crippen molar-refractivity contribution in [3.8, 4) is 0 Å². The number of fused-ring (bicyclic) bond motifs is 1. The minimum Gasteiger partial charge on any atom is -0.388 e. The zero-order valence-corrected chi connectivity index (χ0v) is 15.1. The molecule has 0 aromatic heterocycles. The van der Waals surface area contributed by atoms with Gasteiger partial charge < -0.3 is 28.8 Å². The first-order chi connectivity index (χ1) is 11.0. The Labute approximate surface area is 142 Å². The Bertz CT molecular complexity index is 417. The maximum Gasteiger partial charge on any atom is 0.224 e. The van der Waals surface area contributed by atoms with E-state index < -0.39 is 23.8 Å². The van der Waals surface area contributed by atoms with Gasteiger partial charge in [-0.1, -0.05) is 6.92 Å². The maximum atomic E-state index is 10.5. The van der Waals surface area contributed by atoms with Crippen molar-refractivity contribution in [2.75, 3.05) is 20.0 Å². The molecule has 0 amide bonds. The first-order valence-corrected chi connectivity index (χ1v) is 9.48. The van der Waals surface area contributed by atoms with Gasteiger partial charge in [0.2, 0.25) is 11.6 Å². The normalized spacial score (nSPS) is 46.0. The van der Waals surface area contributed by atoms with E-state index in [1.165, 1.54) is 0 Å². The van der Waals surface area contributed by atoms with Gasteiger partial charge in [-0.15, -0.1) is 11.8 Å². The summed E-state index contributed by atoms with van der Waals surface area (Å²) in [5.74, 6) is -1.01. The van der Waals surface area contributed by atoms with Crippen molar-refractivity contribution >= 4 is 11.8 Å². The van der Waals surface area contributed by atoms with Crippen molar-refractivity contribution in [2.24, 2.45) is 0 Å². The molecular formula is C16H28O6S. The molecule has 2 aliphatic heterocycles. The molecule has 6 nitrogen and oxygen atoms in total. The van der Waals surface area contributed by atoms with E-state index >= 15 is 0 Å². The third-order valence-corrected chi connectivity index (χ3v) is 6.29. The first kappa shape index (κ1) is 17.9. The second-order valence-corrected chi connectivity index (χ2v) is 7.82. The van der Waals surface area contributed by atoms with E-state index in [4.69, 9.17) is 23.7 Å². The molecule has 3 fully saturated rings. The Morgan fingerprint density at radius 1 is 1.13 bits per heavy atom. The van der Waals surface area contributed by atoms with Crippen molar-refractivity contribution in [1.82, 2.24) is 0 Å². The summed E-state index contributed by atoms with van der Waals surface area (Å²) in [7, 11) is 3.25.